The van der Waals surface area contributed by atoms with E-state index in [1.807, 2.05) is 0 Å². The predicted molar refractivity (Wildman–Crippen MR) is 117 cm³/mol. The van der Waals surface area contributed by atoms with Crippen LogP contribution in [0.25, 0.3) is 22.3 Å². The number of nitrogens with zero attached hydrogens (tertiary/aromatic N) is 2. The van der Waals surface area contributed by atoms with Crippen LogP contribution in [-0.4, -0.2) is 0 Å². The molecule has 3 nitrogen and oxygen atoms in total. The van der Waals surface area contributed by atoms with Crippen LogP contribution < -0.4 is 4.74 Å². The molecule has 39 heavy (non-hydrogen) atoms. The first-order valence-electron chi connectivity index (χ1n) is 10.5. The van der Waals surface area contributed by atoms with Gasteiger partial charge >= 0.3 is 6.11 Å². The third-order valence-corrected chi connectivity index (χ3v) is 5.45. The van der Waals surface area contributed by atoms with Gasteiger partial charge in [-0.05, 0) is 47.5 Å². The molecule has 0 atom stereocenters. The second kappa shape index (κ2) is 10.1. The molecule has 4 aromatic carbocycles. The Balaban J connectivity index is 1.72. The van der Waals surface area contributed by atoms with Crippen LogP contribution in [-0.2, 0) is 6.11 Å². The molecule has 0 unspecified atom stereocenters. The molecule has 0 aliphatic heterocycles. The van der Waals surface area contributed by atoms with Crippen molar-refractivity contribution in [3.05, 3.63) is 112 Å². The van der Waals surface area contributed by atoms with Crippen molar-refractivity contribution in [2.75, 3.05) is 0 Å². The van der Waals surface area contributed by atoms with E-state index in [4.69, 9.17) is 10.5 Å². The molecule has 0 N–H and O–H groups in total. The van der Waals surface area contributed by atoms with Crippen LogP contribution in [0.4, 0.5) is 39.5 Å². The molecule has 0 heterocycles. The van der Waals surface area contributed by atoms with E-state index >= 15 is 0 Å². The van der Waals surface area contributed by atoms with Crippen molar-refractivity contribution < 1.29 is 44.3 Å². The first-order chi connectivity index (χ1) is 18.4. The Bertz CT molecular complexity index is 1650. The second-order valence-electron chi connectivity index (χ2n) is 7.93. The van der Waals surface area contributed by atoms with Gasteiger partial charge in [0.15, 0.2) is 0 Å². The maximum Gasteiger partial charge on any atom is 0.432 e. The van der Waals surface area contributed by atoms with E-state index in [0.29, 0.717) is 12.1 Å². The fourth-order valence-electron chi connectivity index (χ4n) is 3.73. The minimum absolute atomic E-state index is 0.0601. The Morgan fingerprint density at radius 1 is 0.590 bits per heavy atom. The number of ether oxygens (including phenoxy) is 1. The number of hydrogen-bond donors (Lipinski definition) is 0. The van der Waals surface area contributed by atoms with Gasteiger partial charge in [0, 0.05) is 17.7 Å². The van der Waals surface area contributed by atoms with E-state index in [2.05, 4.69) is 4.74 Å². The molecule has 0 spiro atoms. The average molecular weight is 548 g/mol. The number of benzene rings is 4. The van der Waals surface area contributed by atoms with Crippen molar-refractivity contribution in [3.63, 3.8) is 0 Å². The lowest BCUT2D eigenvalue weighted by Crippen LogP contribution is -2.25. The van der Waals surface area contributed by atoms with Crippen LogP contribution in [0.2, 0.25) is 0 Å². The third-order valence-electron chi connectivity index (χ3n) is 5.45. The first kappa shape index (κ1) is 27.1. The summed E-state index contributed by atoms with van der Waals surface area (Å²) >= 11 is 0. The molecule has 0 bridgehead atoms. The van der Waals surface area contributed by atoms with Crippen LogP contribution in [0, 0.1) is 63.4 Å². The largest absolute Gasteiger partial charge is 0.432 e. The quantitative estimate of drug-likeness (QED) is 0.239. The molecule has 4 aromatic rings. The average Bonchev–Trinajstić information content (AvgIpc) is 2.82. The molecular formula is C27H9F9N2O. The van der Waals surface area contributed by atoms with E-state index in [-0.39, 0.29) is 41.0 Å². The summed E-state index contributed by atoms with van der Waals surface area (Å²) < 4.78 is 134. The minimum Gasteiger partial charge on any atom is -0.429 e. The van der Waals surface area contributed by atoms with E-state index in [1.54, 1.807) is 6.07 Å². The summed E-state index contributed by atoms with van der Waals surface area (Å²) in [5.74, 6) is -12.2. The number of halogens is 9. The van der Waals surface area contributed by atoms with Crippen molar-refractivity contribution in [2.45, 2.75) is 6.11 Å². The summed E-state index contributed by atoms with van der Waals surface area (Å²) in [6, 6.07) is 7.96. The summed E-state index contributed by atoms with van der Waals surface area (Å²) in [5.41, 5.74) is -5.69. The number of nitriles is 2. The molecule has 196 valence electrons. The molecule has 0 fully saturated rings. The summed E-state index contributed by atoms with van der Waals surface area (Å²) in [5, 5.41) is 17.4. The Morgan fingerprint density at radius 3 is 1.62 bits per heavy atom. The molecule has 0 saturated carbocycles. The van der Waals surface area contributed by atoms with Gasteiger partial charge in [0.25, 0.3) is 0 Å². The highest BCUT2D eigenvalue weighted by molar-refractivity contribution is 5.72. The van der Waals surface area contributed by atoms with Crippen LogP contribution in [0.15, 0.2) is 54.6 Å². The van der Waals surface area contributed by atoms with Crippen LogP contribution in [0.5, 0.6) is 5.75 Å². The van der Waals surface area contributed by atoms with Crippen molar-refractivity contribution >= 4 is 0 Å². The summed E-state index contributed by atoms with van der Waals surface area (Å²) in [4.78, 5) is 0. The summed E-state index contributed by atoms with van der Waals surface area (Å²) in [7, 11) is 0. The van der Waals surface area contributed by atoms with Crippen LogP contribution in [0.1, 0.15) is 16.7 Å². The maximum absolute atomic E-state index is 14.9. The monoisotopic (exact) mass is 548 g/mol. The molecule has 0 aromatic heterocycles. The van der Waals surface area contributed by atoms with Crippen molar-refractivity contribution in [1.82, 2.24) is 0 Å². The topological polar surface area (TPSA) is 56.8 Å². The Hall–Kier alpha value is -4.97. The molecule has 12 heteroatoms. The molecule has 0 aliphatic carbocycles. The lowest BCUT2D eigenvalue weighted by atomic mass is 9.97. The van der Waals surface area contributed by atoms with E-state index in [9.17, 15) is 39.5 Å². The van der Waals surface area contributed by atoms with Gasteiger partial charge in [0.2, 0.25) is 0 Å². The lowest BCUT2D eigenvalue weighted by molar-refractivity contribution is -0.189. The molecule has 0 amide bonds. The van der Waals surface area contributed by atoms with Gasteiger partial charge in [-0.2, -0.15) is 19.3 Å². The molecule has 0 saturated heterocycles. The first-order valence-corrected chi connectivity index (χ1v) is 10.5. The lowest BCUT2D eigenvalue weighted by Gasteiger charge is -2.20. The van der Waals surface area contributed by atoms with E-state index < -0.39 is 74.8 Å². The number of alkyl halides is 2. The smallest absolute Gasteiger partial charge is 0.429 e. The Morgan fingerprint density at radius 2 is 1.13 bits per heavy atom. The van der Waals surface area contributed by atoms with E-state index in [0.717, 1.165) is 18.2 Å². The Labute approximate surface area is 213 Å². The van der Waals surface area contributed by atoms with Gasteiger partial charge in [-0.15, -0.1) is 0 Å². The maximum atomic E-state index is 14.9. The fourth-order valence-corrected chi connectivity index (χ4v) is 3.73. The van der Waals surface area contributed by atoms with Crippen LogP contribution >= 0.6 is 0 Å². The summed E-state index contributed by atoms with van der Waals surface area (Å²) in [6.45, 7) is 0. The predicted octanol–water partition coefficient (Wildman–Crippen LogP) is 7.87. The van der Waals surface area contributed by atoms with Gasteiger partial charge in [-0.25, -0.2) is 30.7 Å². The van der Waals surface area contributed by atoms with Crippen molar-refractivity contribution in [3.8, 4) is 40.1 Å². The molecule has 4 rings (SSSR count). The Kier molecular flexibility index (Phi) is 6.99. The highest BCUT2D eigenvalue weighted by atomic mass is 19.3. The number of rotatable bonds is 5. The van der Waals surface area contributed by atoms with Crippen LogP contribution in [0.3, 0.4) is 0 Å². The standard InChI is InChI=1S/C27H9F9N2O/c28-18-3-12(10-37)1-2-16(18)13-4-21(31)25(22(32)5-13)14-6-23(33)26(24(34)7-14)27(35,36)39-15-8-19(29)17(11-38)20(30)9-15/h1-9H. The highest BCUT2D eigenvalue weighted by Gasteiger charge is 2.42. The zero-order valence-corrected chi connectivity index (χ0v) is 18.9. The highest BCUT2D eigenvalue weighted by Crippen LogP contribution is 2.39. The van der Waals surface area contributed by atoms with Crippen molar-refractivity contribution in [2.24, 2.45) is 0 Å². The van der Waals surface area contributed by atoms with Gasteiger partial charge in [-0.1, -0.05) is 6.07 Å². The summed E-state index contributed by atoms with van der Waals surface area (Å²) in [6.07, 6.45) is -4.87. The molecule has 0 radical (unpaired) electrons. The zero-order chi connectivity index (χ0) is 28.6. The third kappa shape index (κ3) is 5.09. The van der Waals surface area contributed by atoms with E-state index in [1.165, 1.54) is 6.07 Å². The SMILES string of the molecule is N#Cc1ccc(-c2cc(F)c(-c3cc(F)c(C(F)(F)Oc4cc(F)c(C#N)c(F)c4)c(F)c3)c(F)c2)c(F)c1. The van der Waals surface area contributed by atoms with Gasteiger partial charge in [-0.3, -0.25) is 0 Å². The van der Waals surface area contributed by atoms with Gasteiger partial charge < -0.3 is 4.74 Å². The molecular weight excluding hydrogens is 539 g/mol. The minimum atomic E-state index is -4.87. The number of hydrogen-bond acceptors (Lipinski definition) is 3. The second-order valence-corrected chi connectivity index (χ2v) is 7.93. The molecule has 0 aliphatic rings. The van der Waals surface area contributed by atoms with Crippen molar-refractivity contribution in [1.29, 1.82) is 10.5 Å². The fraction of sp³-hybridized carbons (Fsp3) is 0.0370. The normalized spacial score (nSPS) is 11.2. The van der Waals surface area contributed by atoms with Gasteiger partial charge in [0.1, 0.15) is 63.7 Å². The van der Waals surface area contributed by atoms with Gasteiger partial charge in [0.05, 0.1) is 17.2 Å². The zero-order valence-electron chi connectivity index (χ0n) is 18.9.